The number of benzene rings is 3. The maximum atomic E-state index is 9.27. The number of rotatable bonds is 6. The number of nitrogens with zero attached hydrogens (tertiary/aromatic N) is 4. The summed E-state index contributed by atoms with van der Waals surface area (Å²) < 4.78 is 21.2. The predicted molar refractivity (Wildman–Crippen MR) is 142 cm³/mol. The molecule has 0 spiro atoms. The molecule has 1 N–H and O–H groups in total. The van der Waals surface area contributed by atoms with Crippen molar-refractivity contribution in [2.24, 2.45) is 0 Å². The van der Waals surface area contributed by atoms with Gasteiger partial charge in [0.25, 0.3) is 0 Å². The molecule has 0 fully saturated rings. The lowest BCUT2D eigenvalue weighted by atomic mass is 9.84. The lowest BCUT2D eigenvalue weighted by Crippen LogP contribution is -2.30. The molecular weight excluding hydrogens is 478 g/mol. The zero-order chi connectivity index (χ0) is 26.2. The summed E-state index contributed by atoms with van der Waals surface area (Å²) in [6, 6.07) is 25.8. The van der Waals surface area contributed by atoms with Crippen LogP contribution in [0.1, 0.15) is 33.9 Å². The molecule has 0 saturated heterocycles. The third kappa shape index (κ3) is 3.91. The zero-order valence-corrected chi connectivity index (χ0v) is 21.4. The van der Waals surface area contributed by atoms with E-state index in [1.54, 1.807) is 25.2 Å². The molecular formula is C30H27N5O3. The maximum absolute atomic E-state index is 9.27. The monoisotopic (exact) mass is 505 g/mol. The largest absolute Gasteiger partial charge is 0.493 e. The first-order valence-corrected chi connectivity index (χ1v) is 12.3. The van der Waals surface area contributed by atoms with Crippen LogP contribution in [0.5, 0.6) is 23.3 Å². The van der Waals surface area contributed by atoms with Crippen molar-refractivity contribution in [3.63, 3.8) is 0 Å². The first kappa shape index (κ1) is 23.5. The summed E-state index contributed by atoms with van der Waals surface area (Å²) in [5, 5.41) is 14.1. The Hall–Kier alpha value is -4.85. The van der Waals surface area contributed by atoms with Crippen molar-refractivity contribution in [3.8, 4) is 28.9 Å². The van der Waals surface area contributed by atoms with Gasteiger partial charge in [0.15, 0.2) is 11.5 Å². The molecule has 1 aliphatic heterocycles. The molecule has 3 heterocycles. The van der Waals surface area contributed by atoms with Gasteiger partial charge >= 0.3 is 0 Å². The van der Waals surface area contributed by atoms with Crippen LogP contribution in [-0.2, 0) is 6.54 Å². The highest BCUT2D eigenvalue weighted by molar-refractivity contribution is 5.59. The number of hydrogen-bond donors (Lipinski definition) is 1. The molecule has 0 amide bonds. The minimum absolute atomic E-state index is 0.330. The number of aromatic nitrogens is 4. The van der Waals surface area contributed by atoms with Crippen molar-refractivity contribution in [1.82, 2.24) is 19.3 Å². The fourth-order valence-electron chi connectivity index (χ4n) is 5.04. The van der Waals surface area contributed by atoms with Gasteiger partial charge in [-0.25, -0.2) is 9.67 Å². The Morgan fingerprint density at radius 2 is 1.61 bits per heavy atom. The minimum Gasteiger partial charge on any atom is -0.493 e. The Kier molecular flexibility index (Phi) is 5.92. The van der Waals surface area contributed by atoms with Crippen molar-refractivity contribution in [2.45, 2.75) is 19.4 Å². The van der Waals surface area contributed by atoms with E-state index in [-0.39, 0.29) is 5.92 Å². The number of hydrogen-bond acceptors (Lipinski definition) is 6. The van der Waals surface area contributed by atoms with Crippen molar-refractivity contribution in [2.75, 3.05) is 14.2 Å². The molecule has 0 bridgehead atoms. The summed E-state index contributed by atoms with van der Waals surface area (Å²) in [4.78, 5) is 4.69. The van der Waals surface area contributed by atoms with Crippen LogP contribution in [0.2, 0.25) is 0 Å². The Bertz CT molecular complexity index is 1680. The molecule has 6 rings (SSSR count). The predicted octanol–water partition coefficient (Wildman–Crippen LogP) is 5.21. The molecule has 3 aromatic carbocycles. The van der Waals surface area contributed by atoms with Gasteiger partial charge in [0.2, 0.25) is 11.8 Å². The highest BCUT2D eigenvalue weighted by Crippen LogP contribution is 2.48. The molecule has 1 atom stereocenters. The number of fused-ring (bicyclic) bond motifs is 2. The zero-order valence-electron chi connectivity index (χ0n) is 21.4. The van der Waals surface area contributed by atoms with Crippen molar-refractivity contribution < 1.29 is 14.2 Å². The highest BCUT2D eigenvalue weighted by atomic mass is 16.5. The summed E-state index contributed by atoms with van der Waals surface area (Å²) in [6.07, 6.45) is 1.67. The van der Waals surface area contributed by atoms with E-state index in [9.17, 15) is 5.41 Å². The third-order valence-electron chi connectivity index (χ3n) is 6.86. The molecule has 8 nitrogen and oxygen atoms in total. The minimum atomic E-state index is -0.353. The van der Waals surface area contributed by atoms with Gasteiger partial charge in [0.1, 0.15) is 11.8 Å². The van der Waals surface area contributed by atoms with Crippen LogP contribution in [0.15, 0.2) is 85.2 Å². The number of nitrogens with one attached hydrogen (secondary N) is 1. The number of para-hydroxylation sites is 1. The molecule has 1 unspecified atom stereocenters. The van der Waals surface area contributed by atoms with E-state index in [2.05, 4.69) is 0 Å². The van der Waals surface area contributed by atoms with E-state index in [1.165, 1.54) is 0 Å². The third-order valence-corrected chi connectivity index (χ3v) is 6.86. The van der Waals surface area contributed by atoms with E-state index in [0.717, 1.165) is 28.1 Å². The van der Waals surface area contributed by atoms with Gasteiger partial charge in [-0.1, -0.05) is 54.6 Å². The van der Waals surface area contributed by atoms with Crippen molar-refractivity contribution >= 4 is 0 Å². The van der Waals surface area contributed by atoms with Crippen LogP contribution in [0.4, 0.5) is 0 Å². The first-order valence-electron chi connectivity index (χ1n) is 12.3. The van der Waals surface area contributed by atoms with Gasteiger partial charge in [-0.3, -0.25) is 5.41 Å². The Labute approximate surface area is 220 Å². The maximum Gasteiger partial charge on any atom is 0.230 e. The average Bonchev–Trinajstić information content (AvgIpc) is 3.30. The smallest absolute Gasteiger partial charge is 0.230 e. The molecule has 5 aromatic rings. The molecule has 190 valence electrons. The normalized spacial score (nSPS) is 13.8. The van der Waals surface area contributed by atoms with E-state index < -0.39 is 0 Å². The van der Waals surface area contributed by atoms with Crippen LogP contribution in [0, 0.1) is 12.3 Å². The van der Waals surface area contributed by atoms with Gasteiger partial charge in [0, 0.05) is 0 Å². The van der Waals surface area contributed by atoms with Crippen LogP contribution >= 0.6 is 0 Å². The fourth-order valence-corrected chi connectivity index (χ4v) is 5.04. The topological polar surface area (TPSA) is 87.2 Å². The van der Waals surface area contributed by atoms with E-state index in [1.807, 2.05) is 90.4 Å². The number of methoxy groups -OCH3 is 2. The summed E-state index contributed by atoms with van der Waals surface area (Å²) in [7, 11) is 3.24. The summed E-state index contributed by atoms with van der Waals surface area (Å²) in [5.41, 5.74) is 5.61. The Balaban J connectivity index is 1.58. The van der Waals surface area contributed by atoms with Crippen molar-refractivity contribution in [3.05, 3.63) is 119 Å². The lowest BCUT2D eigenvalue weighted by Gasteiger charge is -2.27. The molecule has 0 aliphatic carbocycles. The quantitative estimate of drug-likeness (QED) is 0.336. The molecule has 0 radical (unpaired) electrons. The van der Waals surface area contributed by atoms with E-state index in [4.69, 9.17) is 24.3 Å². The van der Waals surface area contributed by atoms with E-state index in [0.29, 0.717) is 40.9 Å². The lowest BCUT2D eigenvalue weighted by molar-refractivity contribution is 0.354. The van der Waals surface area contributed by atoms with Crippen LogP contribution < -0.4 is 19.7 Å². The molecule has 38 heavy (non-hydrogen) atoms. The van der Waals surface area contributed by atoms with E-state index >= 15 is 0 Å². The van der Waals surface area contributed by atoms with Crippen molar-refractivity contribution in [1.29, 1.82) is 5.41 Å². The average molecular weight is 506 g/mol. The van der Waals surface area contributed by atoms with Crippen LogP contribution in [0.3, 0.4) is 0 Å². The molecule has 1 aliphatic rings. The van der Waals surface area contributed by atoms with Gasteiger partial charge in [0.05, 0.1) is 49.2 Å². The van der Waals surface area contributed by atoms with Gasteiger partial charge in [-0.15, -0.1) is 0 Å². The Morgan fingerprint density at radius 3 is 2.32 bits per heavy atom. The SMILES string of the molecule is COc1ccc(C2c3c(C)nn(-c4ccccc4)c3Oc3ncn(Cc4ccccc4)c(=N)c32)cc1OC. The standard InChI is InChI=1S/C30H27N5O3/c1-19-25-26(21-14-15-23(36-2)24(16-21)37-3)27-28(31)34(17-20-10-6-4-7-11-20)18-32-29(27)38-30(25)35(33-19)22-12-8-5-9-13-22/h4-16,18,26,31H,17H2,1-3H3. The summed E-state index contributed by atoms with van der Waals surface area (Å²) in [6.45, 7) is 2.49. The summed E-state index contributed by atoms with van der Waals surface area (Å²) in [5.74, 6) is 1.88. The highest BCUT2D eigenvalue weighted by Gasteiger charge is 2.37. The second-order valence-corrected chi connectivity index (χ2v) is 9.13. The fraction of sp³-hybridized carbons (Fsp3) is 0.167. The van der Waals surface area contributed by atoms with Gasteiger partial charge in [-0.05, 0) is 42.3 Å². The number of aryl methyl sites for hydroxylation is 1. The van der Waals surface area contributed by atoms with Crippen LogP contribution in [-0.4, -0.2) is 33.6 Å². The second-order valence-electron chi connectivity index (χ2n) is 9.13. The first-order chi connectivity index (χ1) is 18.6. The Morgan fingerprint density at radius 1 is 0.895 bits per heavy atom. The molecule has 0 saturated carbocycles. The molecule has 8 heteroatoms. The molecule has 2 aromatic heterocycles. The second kappa shape index (κ2) is 9.55. The van der Waals surface area contributed by atoms with Gasteiger partial charge < -0.3 is 18.8 Å². The van der Waals surface area contributed by atoms with Crippen LogP contribution in [0.25, 0.3) is 5.69 Å². The summed E-state index contributed by atoms with van der Waals surface area (Å²) >= 11 is 0. The van der Waals surface area contributed by atoms with Gasteiger partial charge in [-0.2, -0.15) is 5.10 Å². The number of ether oxygens (including phenoxy) is 3.